The molecule has 1 aliphatic carbocycles. The van der Waals surface area contributed by atoms with Gasteiger partial charge in [0.05, 0.1) is 18.6 Å². The molecule has 0 heterocycles. The summed E-state index contributed by atoms with van der Waals surface area (Å²) in [5.74, 6) is 0.475. The van der Waals surface area contributed by atoms with E-state index in [-0.39, 0.29) is 23.8 Å². The van der Waals surface area contributed by atoms with Crippen molar-refractivity contribution in [3.05, 3.63) is 63.2 Å². The van der Waals surface area contributed by atoms with Crippen LogP contribution >= 0.6 is 11.6 Å². The number of halogens is 1. The Hall–Kier alpha value is -2.64. The minimum Gasteiger partial charge on any atom is -0.497 e. The van der Waals surface area contributed by atoms with E-state index in [9.17, 15) is 14.9 Å². The van der Waals surface area contributed by atoms with Crippen molar-refractivity contribution in [2.24, 2.45) is 0 Å². The van der Waals surface area contributed by atoms with Crippen molar-refractivity contribution in [2.75, 3.05) is 19.0 Å². The number of nitro groups is 1. The summed E-state index contributed by atoms with van der Waals surface area (Å²) in [6.45, 7) is 0.778. The van der Waals surface area contributed by atoms with Crippen molar-refractivity contribution in [1.29, 1.82) is 0 Å². The molecule has 8 heteroatoms. The average molecular weight is 390 g/mol. The first-order valence-corrected chi connectivity index (χ1v) is 8.95. The van der Waals surface area contributed by atoms with Crippen molar-refractivity contribution in [1.82, 2.24) is 4.90 Å². The Morgan fingerprint density at radius 3 is 2.59 bits per heavy atom. The van der Waals surface area contributed by atoms with Crippen LogP contribution in [0.1, 0.15) is 18.4 Å². The molecule has 0 radical (unpaired) electrons. The zero-order valence-corrected chi connectivity index (χ0v) is 15.6. The van der Waals surface area contributed by atoms with E-state index in [0.29, 0.717) is 17.6 Å². The van der Waals surface area contributed by atoms with Crippen LogP contribution in [0.4, 0.5) is 11.4 Å². The molecule has 0 aliphatic heterocycles. The monoisotopic (exact) mass is 389 g/mol. The highest BCUT2D eigenvalue weighted by molar-refractivity contribution is 6.31. The second-order valence-electron chi connectivity index (χ2n) is 6.45. The van der Waals surface area contributed by atoms with Crippen LogP contribution in [0.25, 0.3) is 0 Å². The number of methoxy groups -OCH3 is 1. The summed E-state index contributed by atoms with van der Waals surface area (Å²) in [7, 11) is 1.62. The maximum Gasteiger partial charge on any atom is 0.292 e. The zero-order chi connectivity index (χ0) is 19.4. The molecule has 27 heavy (non-hydrogen) atoms. The number of carbonyl (C=O) groups is 1. The fourth-order valence-corrected chi connectivity index (χ4v) is 3.03. The van der Waals surface area contributed by atoms with Crippen LogP contribution in [-0.4, -0.2) is 35.4 Å². The smallest absolute Gasteiger partial charge is 0.292 e. The summed E-state index contributed by atoms with van der Waals surface area (Å²) in [6, 6.07) is 12.2. The van der Waals surface area contributed by atoms with E-state index in [2.05, 4.69) is 10.2 Å². The van der Waals surface area contributed by atoms with Gasteiger partial charge in [0.25, 0.3) is 5.69 Å². The van der Waals surface area contributed by atoms with Gasteiger partial charge >= 0.3 is 0 Å². The number of rotatable bonds is 8. The van der Waals surface area contributed by atoms with Crippen molar-refractivity contribution in [3.8, 4) is 5.75 Å². The molecule has 1 aliphatic rings. The topological polar surface area (TPSA) is 84.7 Å². The van der Waals surface area contributed by atoms with Gasteiger partial charge in [-0.05, 0) is 42.7 Å². The van der Waals surface area contributed by atoms with Crippen molar-refractivity contribution in [2.45, 2.75) is 25.4 Å². The van der Waals surface area contributed by atoms with Gasteiger partial charge in [0.1, 0.15) is 11.4 Å². The van der Waals surface area contributed by atoms with Crippen LogP contribution in [0.3, 0.4) is 0 Å². The number of amides is 1. The Morgan fingerprint density at radius 1 is 1.30 bits per heavy atom. The normalized spacial score (nSPS) is 13.4. The van der Waals surface area contributed by atoms with Gasteiger partial charge in [-0.3, -0.25) is 19.8 Å². The van der Waals surface area contributed by atoms with E-state index in [1.807, 2.05) is 24.3 Å². The number of hydrogen-bond donors (Lipinski definition) is 1. The number of benzene rings is 2. The van der Waals surface area contributed by atoms with E-state index in [1.165, 1.54) is 18.2 Å². The Morgan fingerprint density at radius 2 is 2.00 bits per heavy atom. The first-order chi connectivity index (χ1) is 13.0. The van der Waals surface area contributed by atoms with Gasteiger partial charge in [-0.2, -0.15) is 0 Å². The average Bonchev–Trinajstić information content (AvgIpc) is 3.46. The predicted molar refractivity (Wildman–Crippen MR) is 103 cm³/mol. The lowest BCUT2D eigenvalue weighted by molar-refractivity contribution is -0.383. The Balaban J connectivity index is 1.67. The van der Waals surface area contributed by atoms with Gasteiger partial charge in [-0.1, -0.05) is 23.7 Å². The lowest BCUT2D eigenvalue weighted by Gasteiger charge is -2.21. The summed E-state index contributed by atoms with van der Waals surface area (Å²) in [4.78, 5) is 25.2. The maximum absolute atomic E-state index is 12.5. The van der Waals surface area contributed by atoms with Gasteiger partial charge in [0.15, 0.2) is 0 Å². The molecule has 2 aromatic carbocycles. The molecule has 3 rings (SSSR count). The molecular formula is C19H20ClN3O4. The molecular weight excluding hydrogens is 370 g/mol. The van der Waals surface area contributed by atoms with E-state index in [0.717, 1.165) is 24.2 Å². The second kappa shape index (κ2) is 8.37. The minimum atomic E-state index is -0.540. The minimum absolute atomic E-state index is 0.109. The lowest BCUT2D eigenvalue weighted by atomic mass is 10.2. The van der Waals surface area contributed by atoms with Gasteiger partial charge in [0, 0.05) is 23.7 Å². The van der Waals surface area contributed by atoms with Gasteiger partial charge in [-0.25, -0.2) is 0 Å². The van der Waals surface area contributed by atoms with Crippen LogP contribution in [0.2, 0.25) is 5.02 Å². The third kappa shape index (κ3) is 5.18. The van der Waals surface area contributed by atoms with Crippen LogP contribution in [-0.2, 0) is 11.3 Å². The highest BCUT2D eigenvalue weighted by atomic mass is 35.5. The molecule has 1 amide bonds. The number of nitrogens with one attached hydrogen (secondary N) is 1. The fourth-order valence-electron chi connectivity index (χ4n) is 2.86. The number of ether oxygens (including phenoxy) is 1. The largest absolute Gasteiger partial charge is 0.497 e. The molecule has 0 spiro atoms. The maximum atomic E-state index is 12.5. The zero-order valence-electron chi connectivity index (χ0n) is 14.9. The van der Waals surface area contributed by atoms with Crippen molar-refractivity contribution in [3.63, 3.8) is 0 Å². The Bertz CT molecular complexity index is 837. The molecule has 0 aromatic heterocycles. The fraction of sp³-hybridized carbons (Fsp3) is 0.316. The highest BCUT2D eigenvalue weighted by Crippen LogP contribution is 2.30. The molecule has 7 nitrogen and oxygen atoms in total. The van der Waals surface area contributed by atoms with Crippen LogP contribution in [0.15, 0.2) is 42.5 Å². The number of hydrogen-bond acceptors (Lipinski definition) is 5. The summed E-state index contributed by atoms with van der Waals surface area (Å²) < 4.78 is 5.16. The van der Waals surface area contributed by atoms with Crippen LogP contribution in [0, 0.1) is 10.1 Å². The molecule has 142 valence electrons. The van der Waals surface area contributed by atoms with Gasteiger partial charge in [0.2, 0.25) is 5.91 Å². The number of carbonyl (C=O) groups excluding carboxylic acids is 1. The van der Waals surface area contributed by atoms with Crippen molar-refractivity contribution < 1.29 is 14.5 Å². The summed E-state index contributed by atoms with van der Waals surface area (Å²) in [5.41, 5.74) is 1.00. The Labute approximate surface area is 162 Å². The first kappa shape index (κ1) is 19.1. The van der Waals surface area contributed by atoms with E-state index in [4.69, 9.17) is 16.3 Å². The van der Waals surface area contributed by atoms with Gasteiger partial charge < -0.3 is 10.1 Å². The van der Waals surface area contributed by atoms with Crippen LogP contribution < -0.4 is 10.1 Å². The second-order valence-corrected chi connectivity index (χ2v) is 6.89. The summed E-state index contributed by atoms with van der Waals surface area (Å²) >= 11 is 5.91. The Kier molecular flexibility index (Phi) is 5.93. The molecule has 1 N–H and O–H groups in total. The van der Waals surface area contributed by atoms with Crippen LogP contribution in [0.5, 0.6) is 5.75 Å². The molecule has 2 aromatic rings. The molecule has 0 bridgehead atoms. The molecule has 0 saturated heterocycles. The highest BCUT2D eigenvalue weighted by Gasteiger charge is 2.30. The summed E-state index contributed by atoms with van der Waals surface area (Å²) in [5, 5.41) is 14.1. The lowest BCUT2D eigenvalue weighted by Crippen LogP contribution is -2.34. The quantitative estimate of drug-likeness (QED) is 0.547. The third-order valence-corrected chi connectivity index (χ3v) is 4.62. The summed E-state index contributed by atoms with van der Waals surface area (Å²) in [6.07, 6.45) is 2.08. The third-order valence-electron chi connectivity index (χ3n) is 4.38. The molecule has 1 saturated carbocycles. The number of anilines is 1. The van der Waals surface area contributed by atoms with Gasteiger partial charge in [-0.15, -0.1) is 0 Å². The SMILES string of the molecule is COc1ccc(CN(CC(=O)Nc2cc(Cl)ccc2[N+](=O)[O-])C2CC2)cc1. The van der Waals surface area contributed by atoms with Crippen molar-refractivity contribution >= 4 is 28.9 Å². The van der Waals surface area contributed by atoms with E-state index >= 15 is 0 Å². The standard InChI is InChI=1S/C19H20ClN3O4/c1-27-16-7-2-13(3-8-16)11-22(15-5-6-15)12-19(24)21-17-10-14(20)4-9-18(17)23(25)26/h2-4,7-10,15H,5-6,11-12H2,1H3,(H,21,24). The number of nitro benzene ring substituents is 1. The van der Waals surface area contributed by atoms with E-state index in [1.54, 1.807) is 7.11 Å². The first-order valence-electron chi connectivity index (χ1n) is 8.57. The molecule has 0 atom stereocenters. The predicted octanol–water partition coefficient (Wildman–Crippen LogP) is 3.86. The molecule has 1 fully saturated rings. The number of nitrogens with zero attached hydrogens (tertiary/aromatic N) is 2. The van der Waals surface area contributed by atoms with E-state index < -0.39 is 4.92 Å². The molecule has 0 unspecified atom stereocenters.